The number of rotatable bonds is 9. The summed E-state index contributed by atoms with van der Waals surface area (Å²) in [6, 6.07) is 11.1. The second kappa shape index (κ2) is 10.3. The molecule has 2 amide bonds. The van der Waals surface area contributed by atoms with Crippen LogP contribution in [0.15, 0.2) is 48.6 Å². The van der Waals surface area contributed by atoms with E-state index < -0.39 is 19.6 Å². The summed E-state index contributed by atoms with van der Waals surface area (Å²) < 4.78 is 18.8. The maximum atomic E-state index is 12.3. The molecule has 5 rings (SSSR count). The number of aryl methyl sites for hydroxylation is 2. The van der Waals surface area contributed by atoms with E-state index in [4.69, 9.17) is 15.2 Å². The Balaban J connectivity index is 1.66. The highest BCUT2D eigenvalue weighted by Crippen LogP contribution is 2.42. The van der Waals surface area contributed by atoms with Crippen molar-refractivity contribution in [3.8, 4) is 5.75 Å². The van der Waals surface area contributed by atoms with Gasteiger partial charge in [0, 0.05) is 36.1 Å². The fourth-order valence-electron chi connectivity index (χ4n) is 4.93. The highest BCUT2D eigenvalue weighted by molar-refractivity contribution is 7.46. The van der Waals surface area contributed by atoms with Crippen molar-refractivity contribution in [2.75, 3.05) is 5.73 Å². The lowest BCUT2D eigenvalue weighted by Gasteiger charge is -2.20. The minimum Gasteiger partial charge on any atom is -0.404 e. The maximum Gasteiger partial charge on any atom is 0.524 e. The molecule has 202 valence electrons. The predicted octanol–water partition coefficient (Wildman–Crippen LogP) is 3.76. The van der Waals surface area contributed by atoms with Gasteiger partial charge in [0.2, 0.25) is 0 Å². The SMILES string of the molecule is CCCCc1nc2c(N)nc3ccccc3c2n1Cc1cc(C)c(OP(=O)(O)O)c(CN2C(=O)C=CC2=O)c1. The number of nitrogens with zero attached hydrogens (tertiary/aromatic N) is 4. The molecule has 0 spiro atoms. The number of para-hydroxylation sites is 1. The van der Waals surface area contributed by atoms with Gasteiger partial charge in [-0.1, -0.05) is 37.6 Å². The summed E-state index contributed by atoms with van der Waals surface area (Å²) in [5.41, 5.74) is 10.0. The average molecular weight is 550 g/mol. The van der Waals surface area contributed by atoms with Gasteiger partial charge in [0.25, 0.3) is 11.8 Å². The van der Waals surface area contributed by atoms with Crippen molar-refractivity contribution in [3.05, 3.63) is 71.1 Å². The van der Waals surface area contributed by atoms with Gasteiger partial charge >= 0.3 is 7.82 Å². The summed E-state index contributed by atoms with van der Waals surface area (Å²) in [7, 11) is -4.91. The van der Waals surface area contributed by atoms with Gasteiger partial charge in [-0.3, -0.25) is 24.3 Å². The molecule has 0 unspecified atom stereocenters. The number of benzene rings is 2. The first kappa shape index (κ1) is 26.6. The summed E-state index contributed by atoms with van der Waals surface area (Å²) in [4.78, 5) is 53.9. The summed E-state index contributed by atoms with van der Waals surface area (Å²) in [6.45, 7) is 3.91. The number of fused-ring (bicyclic) bond motifs is 3. The quantitative estimate of drug-likeness (QED) is 0.209. The molecule has 0 radical (unpaired) electrons. The van der Waals surface area contributed by atoms with Crippen molar-refractivity contribution in [1.82, 2.24) is 19.4 Å². The summed E-state index contributed by atoms with van der Waals surface area (Å²) in [5, 5.41) is 0.898. The zero-order valence-corrected chi connectivity index (χ0v) is 22.4. The molecule has 2 aromatic carbocycles. The van der Waals surface area contributed by atoms with Gasteiger partial charge in [-0.15, -0.1) is 0 Å². The van der Waals surface area contributed by atoms with Crippen LogP contribution in [0.3, 0.4) is 0 Å². The van der Waals surface area contributed by atoms with Crippen molar-refractivity contribution in [2.24, 2.45) is 0 Å². The smallest absolute Gasteiger partial charge is 0.404 e. The number of phosphoric ester groups is 1. The molecular weight excluding hydrogens is 521 g/mol. The third kappa shape index (κ3) is 5.29. The first-order valence-electron chi connectivity index (χ1n) is 12.5. The number of pyridine rings is 1. The second-order valence-corrected chi connectivity index (χ2v) is 10.7. The zero-order valence-electron chi connectivity index (χ0n) is 21.5. The van der Waals surface area contributed by atoms with E-state index in [2.05, 4.69) is 16.5 Å². The molecule has 39 heavy (non-hydrogen) atoms. The average Bonchev–Trinajstić information content (AvgIpc) is 3.39. The molecule has 4 N–H and O–H groups in total. The topological polar surface area (TPSA) is 161 Å². The Labute approximate surface area is 224 Å². The van der Waals surface area contributed by atoms with Gasteiger partial charge in [-0.05, 0) is 36.6 Å². The third-order valence-electron chi connectivity index (χ3n) is 6.63. The first-order chi connectivity index (χ1) is 18.6. The number of aromatic nitrogens is 3. The van der Waals surface area contributed by atoms with Crippen molar-refractivity contribution < 1.29 is 28.5 Å². The number of phosphoric acid groups is 1. The molecular formula is C27H28N5O6P. The van der Waals surface area contributed by atoms with Crippen LogP contribution in [0.1, 0.15) is 42.3 Å². The summed E-state index contributed by atoms with van der Waals surface area (Å²) >= 11 is 0. The van der Waals surface area contributed by atoms with E-state index in [0.29, 0.717) is 35.4 Å². The minimum atomic E-state index is -4.91. The molecule has 0 bridgehead atoms. The van der Waals surface area contributed by atoms with Gasteiger partial charge in [0.15, 0.2) is 5.82 Å². The van der Waals surface area contributed by atoms with Crippen LogP contribution < -0.4 is 10.3 Å². The number of nitrogens with two attached hydrogens (primary N) is 1. The van der Waals surface area contributed by atoms with E-state index in [1.165, 1.54) is 0 Å². The number of carbonyl (C=O) groups is 2. The van der Waals surface area contributed by atoms with Gasteiger partial charge in [0.1, 0.15) is 17.1 Å². The van der Waals surface area contributed by atoms with Gasteiger partial charge in [0.05, 0.1) is 17.6 Å². The molecule has 0 saturated carbocycles. The van der Waals surface area contributed by atoms with Crippen molar-refractivity contribution in [2.45, 2.75) is 46.2 Å². The van der Waals surface area contributed by atoms with Gasteiger partial charge < -0.3 is 14.8 Å². The molecule has 0 aliphatic carbocycles. The highest BCUT2D eigenvalue weighted by Gasteiger charge is 2.28. The molecule has 12 heteroatoms. The molecule has 1 aliphatic heterocycles. The molecule has 0 atom stereocenters. The van der Waals surface area contributed by atoms with Crippen LogP contribution in [-0.2, 0) is 33.7 Å². The fraction of sp³-hybridized carbons (Fsp3) is 0.259. The number of hydrogen-bond donors (Lipinski definition) is 3. The number of amides is 2. The Morgan fingerprint density at radius 3 is 2.46 bits per heavy atom. The predicted molar refractivity (Wildman–Crippen MR) is 146 cm³/mol. The molecule has 3 heterocycles. The Morgan fingerprint density at radius 2 is 1.77 bits per heavy atom. The van der Waals surface area contributed by atoms with Crippen LogP contribution in [0.2, 0.25) is 0 Å². The largest absolute Gasteiger partial charge is 0.524 e. The first-order valence-corrected chi connectivity index (χ1v) is 14.0. The van der Waals surface area contributed by atoms with Crippen LogP contribution in [0, 0.1) is 6.92 Å². The Kier molecular flexibility index (Phi) is 6.98. The lowest BCUT2D eigenvalue weighted by Crippen LogP contribution is -2.29. The monoisotopic (exact) mass is 549 g/mol. The number of imidazole rings is 1. The van der Waals surface area contributed by atoms with Crippen LogP contribution in [0.5, 0.6) is 5.75 Å². The third-order valence-corrected chi connectivity index (χ3v) is 7.05. The van der Waals surface area contributed by atoms with Crippen LogP contribution in [0.25, 0.3) is 21.9 Å². The lowest BCUT2D eigenvalue weighted by atomic mass is 10.0. The van der Waals surface area contributed by atoms with Gasteiger partial charge in [-0.25, -0.2) is 14.5 Å². The number of nitrogen functional groups attached to an aromatic ring is 1. The minimum absolute atomic E-state index is 0.0693. The van der Waals surface area contributed by atoms with Crippen molar-refractivity contribution in [1.29, 1.82) is 0 Å². The van der Waals surface area contributed by atoms with Gasteiger partial charge in [-0.2, -0.15) is 0 Å². The van der Waals surface area contributed by atoms with Crippen LogP contribution >= 0.6 is 7.82 Å². The molecule has 0 saturated heterocycles. The van der Waals surface area contributed by atoms with E-state index in [-0.39, 0.29) is 12.3 Å². The Morgan fingerprint density at radius 1 is 1.05 bits per heavy atom. The zero-order chi connectivity index (χ0) is 27.9. The molecule has 11 nitrogen and oxygen atoms in total. The molecule has 2 aromatic heterocycles. The van der Waals surface area contributed by atoms with E-state index in [1.807, 2.05) is 24.3 Å². The Hall–Kier alpha value is -4.05. The second-order valence-electron chi connectivity index (χ2n) is 9.51. The van der Waals surface area contributed by atoms with Crippen molar-refractivity contribution in [3.63, 3.8) is 0 Å². The lowest BCUT2D eigenvalue weighted by molar-refractivity contribution is -0.137. The standard InChI is InChI=1S/C27H28N5O6P/c1-3-4-9-21-30-24-25(19-7-5-6-8-20(19)29-27(24)28)31(21)14-17-12-16(2)26(38-39(35,36)37)18(13-17)15-32-22(33)10-11-23(32)34/h5-8,10-13H,3-4,9,14-15H2,1-2H3,(H2,28,29)(H2,35,36,37). The summed E-state index contributed by atoms with van der Waals surface area (Å²) in [6.07, 6.45) is 4.92. The number of anilines is 1. The number of carbonyl (C=O) groups excluding carboxylic acids is 2. The fourth-order valence-corrected chi connectivity index (χ4v) is 5.43. The van der Waals surface area contributed by atoms with E-state index >= 15 is 0 Å². The van der Waals surface area contributed by atoms with Crippen molar-refractivity contribution >= 4 is 47.4 Å². The number of hydrogen-bond acceptors (Lipinski definition) is 7. The normalized spacial score (nSPS) is 13.8. The maximum absolute atomic E-state index is 12.3. The Bertz CT molecular complexity index is 1690. The molecule has 4 aromatic rings. The van der Waals surface area contributed by atoms with E-state index in [9.17, 15) is 23.9 Å². The summed E-state index contributed by atoms with van der Waals surface area (Å²) in [5.74, 6) is 0.0749. The molecule has 1 aliphatic rings. The van der Waals surface area contributed by atoms with Crippen LogP contribution in [0.4, 0.5) is 5.82 Å². The molecule has 0 fully saturated rings. The van der Waals surface area contributed by atoms with E-state index in [1.54, 1.807) is 19.1 Å². The van der Waals surface area contributed by atoms with Crippen LogP contribution in [-0.4, -0.2) is 41.0 Å². The van der Waals surface area contributed by atoms with E-state index in [0.717, 1.165) is 57.7 Å². The highest BCUT2D eigenvalue weighted by atomic mass is 31.2. The number of imide groups is 1. The number of unbranched alkanes of at least 4 members (excludes halogenated alkanes) is 1.